The molecule has 9 heteroatoms. The lowest BCUT2D eigenvalue weighted by Gasteiger charge is -2.32. The summed E-state index contributed by atoms with van der Waals surface area (Å²) in [5.74, 6) is 0.651. The molecule has 31 heavy (non-hydrogen) atoms. The molecule has 0 bridgehead atoms. The number of hydrogen-bond donors (Lipinski definition) is 1. The first-order valence-electron chi connectivity index (χ1n) is 9.64. The van der Waals surface area contributed by atoms with Gasteiger partial charge in [-0.2, -0.15) is 5.10 Å². The van der Waals surface area contributed by atoms with Crippen LogP contribution in [0.5, 0.6) is 11.5 Å². The fourth-order valence-electron chi connectivity index (χ4n) is 4.13. The Hall–Kier alpha value is -3.03. The molecule has 0 fully saturated rings. The van der Waals surface area contributed by atoms with Crippen LogP contribution in [-0.2, 0) is 11.2 Å². The number of fused-ring (bicyclic) bond motifs is 1. The molecular weight excluding hydrogens is 441 g/mol. The Labute approximate surface area is 187 Å². The summed E-state index contributed by atoms with van der Waals surface area (Å²) in [5, 5.41) is 16.4. The number of allylic oxidation sites excluding steroid dienone is 2. The number of nitrogens with zero attached hydrogens (tertiary/aromatic N) is 3. The molecule has 1 N–H and O–H groups in total. The third-order valence-electron chi connectivity index (χ3n) is 5.67. The SMILES string of the molecule is O=C1C[C@H](c2ccc3c(c2)OCO3)[C@@H](n2cncn2)C(O)=C1Cc1c(Cl)cccc1Cl. The normalized spacial score (nSPS) is 20.4. The van der Waals surface area contributed by atoms with Crippen LogP contribution in [0, 0.1) is 0 Å². The summed E-state index contributed by atoms with van der Waals surface area (Å²) in [6.07, 6.45) is 3.22. The zero-order valence-electron chi connectivity index (χ0n) is 16.2. The van der Waals surface area contributed by atoms with Gasteiger partial charge in [-0.05, 0) is 35.4 Å². The highest BCUT2D eigenvalue weighted by Gasteiger charge is 2.39. The number of aliphatic hydroxyl groups is 1. The van der Waals surface area contributed by atoms with Gasteiger partial charge in [0.1, 0.15) is 24.5 Å². The van der Waals surface area contributed by atoms with Crippen LogP contribution < -0.4 is 9.47 Å². The van der Waals surface area contributed by atoms with Crippen molar-refractivity contribution < 1.29 is 19.4 Å². The van der Waals surface area contributed by atoms with Gasteiger partial charge >= 0.3 is 0 Å². The van der Waals surface area contributed by atoms with Gasteiger partial charge < -0.3 is 14.6 Å². The lowest BCUT2D eigenvalue weighted by atomic mass is 9.77. The maximum Gasteiger partial charge on any atom is 0.231 e. The Morgan fingerprint density at radius 3 is 2.65 bits per heavy atom. The van der Waals surface area contributed by atoms with Gasteiger partial charge in [-0.1, -0.05) is 35.3 Å². The molecule has 1 aliphatic heterocycles. The van der Waals surface area contributed by atoms with Gasteiger partial charge in [0.15, 0.2) is 17.3 Å². The first-order chi connectivity index (χ1) is 15.0. The molecule has 0 saturated carbocycles. The third kappa shape index (κ3) is 3.54. The van der Waals surface area contributed by atoms with E-state index < -0.39 is 6.04 Å². The molecule has 0 amide bonds. The van der Waals surface area contributed by atoms with Gasteiger partial charge in [-0.25, -0.2) is 9.67 Å². The van der Waals surface area contributed by atoms with Crippen LogP contribution in [0.15, 0.2) is 60.4 Å². The topological polar surface area (TPSA) is 86.5 Å². The second-order valence-corrected chi connectivity index (χ2v) is 8.22. The maximum absolute atomic E-state index is 13.2. The highest BCUT2D eigenvalue weighted by Crippen LogP contribution is 2.45. The number of carbonyl (C=O) groups is 1. The van der Waals surface area contributed by atoms with Crippen molar-refractivity contribution in [1.29, 1.82) is 0 Å². The number of aromatic nitrogens is 3. The maximum atomic E-state index is 13.2. The van der Waals surface area contributed by atoms with Gasteiger partial charge in [-0.3, -0.25) is 4.79 Å². The molecule has 1 aromatic heterocycles. The van der Waals surface area contributed by atoms with Gasteiger partial charge in [0.25, 0.3) is 0 Å². The number of carbonyl (C=O) groups excluding carboxylic acids is 1. The number of ether oxygens (including phenoxy) is 2. The number of Topliss-reactive ketones (excluding diaryl/α,β-unsaturated/α-hetero) is 1. The number of rotatable bonds is 4. The van der Waals surface area contributed by atoms with Crippen LogP contribution >= 0.6 is 23.2 Å². The zero-order chi connectivity index (χ0) is 21.5. The predicted molar refractivity (Wildman–Crippen MR) is 114 cm³/mol. The number of aliphatic hydroxyl groups excluding tert-OH is 1. The molecule has 7 nitrogen and oxygen atoms in total. The molecule has 3 aromatic rings. The lowest BCUT2D eigenvalue weighted by Crippen LogP contribution is -2.30. The van der Waals surface area contributed by atoms with E-state index in [0.717, 1.165) is 5.56 Å². The first kappa shape index (κ1) is 19.9. The fourth-order valence-corrected chi connectivity index (χ4v) is 4.66. The molecular formula is C22H17Cl2N3O4. The van der Waals surface area contributed by atoms with Crippen molar-refractivity contribution in [3.8, 4) is 11.5 Å². The van der Waals surface area contributed by atoms with Crippen LogP contribution in [0.1, 0.15) is 29.5 Å². The minimum Gasteiger partial charge on any atom is -0.510 e. The van der Waals surface area contributed by atoms with Crippen molar-refractivity contribution in [2.24, 2.45) is 0 Å². The molecule has 158 valence electrons. The first-order valence-corrected chi connectivity index (χ1v) is 10.4. The summed E-state index contributed by atoms with van der Waals surface area (Å²) in [5.41, 5.74) is 1.70. The van der Waals surface area contributed by atoms with Crippen LogP contribution in [0.25, 0.3) is 0 Å². The molecule has 5 rings (SSSR count). The van der Waals surface area contributed by atoms with Gasteiger partial charge in [-0.15, -0.1) is 0 Å². The fraction of sp³-hybridized carbons (Fsp3) is 0.227. The largest absolute Gasteiger partial charge is 0.510 e. The number of hydrogen-bond acceptors (Lipinski definition) is 6. The van der Waals surface area contributed by atoms with E-state index in [1.54, 1.807) is 28.9 Å². The summed E-state index contributed by atoms with van der Waals surface area (Å²) in [4.78, 5) is 17.2. The van der Waals surface area contributed by atoms with Crippen LogP contribution in [0.3, 0.4) is 0 Å². The Balaban J connectivity index is 1.59. The van der Waals surface area contributed by atoms with E-state index in [-0.39, 0.29) is 42.7 Å². The molecule has 0 spiro atoms. The van der Waals surface area contributed by atoms with E-state index in [1.807, 2.05) is 12.1 Å². The second-order valence-electron chi connectivity index (χ2n) is 7.41. The summed E-state index contributed by atoms with van der Waals surface area (Å²) in [6, 6.07) is 10.1. The van der Waals surface area contributed by atoms with Crippen molar-refractivity contribution in [2.45, 2.75) is 24.8 Å². The summed E-state index contributed by atoms with van der Waals surface area (Å²) < 4.78 is 12.4. The molecule has 0 saturated heterocycles. The number of halogens is 2. The molecule has 2 heterocycles. The number of ketones is 1. The number of benzene rings is 2. The Kier molecular flexibility index (Phi) is 5.08. The van der Waals surface area contributed by atoms with Gasteiger partial charge in [0.05, 0.1) is 0 Å². The van der Waals surface area contributed by atoms with Crippen LogP contribution in [-0.4, -0.2) is 32.4 Å². The molecule has 0 radical (unpaired) electrons. The van der Waals surface area contributed by atoms with Gasteiger partial charge in [0.2, 0.25) is 6.79 Å². The van der Waals surface area contributed by atoms with E-state index >= 15 is 0 Å². The standard InChI is InChI=1S/C22H17Cl2N3O4/c23-16-2-1-3-17(24)14(16)7-15-18(28)8-13(21(22(15)29)27-10-25-9-26-27)12-4-5-19-20(6-12)31-11-30-19/h1-6,9-10,13,21,29H,7-8,11H2/t13-,21-/m1/s1. The van der Waals surface area contributed by atoms with Crippen molar-refractivity contribution >= 4 is 29.0 Å². The van der Waals surface area contributed by atoms with Crippen molar-refractivity contribution in [1.82, 2.24) is 14.8 Å². The highest BCUT2D eigenvalue weighted by molar-refractivity contribution is 6.36. The average Bonchev–Trinajstić information content (AvgIpc) is 3.44. The Morgan fingerprint density at radius 1 is 1.13 bits per heavy atom. The van der Waals surface area contributed by atoms with E-state index in [2.05, 4.69) is 10.1 Å². The van der Waals surface area contributed by atoms with Crippen LogP contribution in [0.4, 0.5) is 0 Å². The third-order valence-corrected chi connectivity index (χ3v) is 6.38. The Morgan fingerprint density at radius 2 is 1.90 bits per heavy atom. The second kappa shape index (κ2) is 7.90. The summed E-state index contributed by atoms with van der Waals surface area (Å²) in [7, 11) is 0. The van der Waals surface area contributed by atoms with Gasteiger partial charge in [0, 0.05) is 34.4 Å². The molecule has 1 aliphatic carbocycles. The predicted octanol–water partition coefficient (Wildman–Crippen LogP) is 4.67. The van der Waals surface area contributed by atoms with E-state index in [1.165, 1.54) is 12.7 Å². The quantitative estimate of drug-likeness (QED) is 0.612. The van der Waals surface area contributed by atoms with Crippen LogP contribution in [0.2, 0.25) is 10.0 Å². The Bertz CT molecular complexity index is 1170. The minimum atomic E-state index is -0.614. The average molecular weight is 458 g/mol. The molecule has 2 aromatic carbocycles. The smallest absolute Gasteiger partial charge is 0.231 e. The molecule has 2 aliphatic rings. The summed E-state index contributed by atoms with van der Waals surface area (Å²) >= 11 is 12.6. The van der Waals surface area contributed by atoms with E-state index in [4.69, 9.17) is 32.7 Å². The monoisotopic (exact) mass is 457 g/mol. The summed E-state index contributed by atoms with van der Waals surface area (Å²) in [6.45, 7) is 0.156. The molecule has 0 unspecified atom stereocenters. The van der Waals surface area contributed by atoms with Crippen molar-refractivity contribution in [2.75, 3.05) is 6.79 Å². The van der Waals surface area contributed by atoms with Crippen molar-refractivity contribution in [3.05, 3.63) is 81.6 Å². The highest BCUT2D eigenvalue weighted by atomic mass is 35.5. The lowest BCUT2D eigenvalue weighted by molar-refractivity contribution is -0.117. The van der Waals surface area contributed by atoms with E-state index in [9.17, 15) is 9.90 Å². The zero-order valence-corrected chi connectivity index (χ0v) is 17.7. The molecule has 2 atom stereocenters. The van der Waals surface area contributed by atoms with E-state index in [0.29, 0.717) is 27.1 Å². The van der Waals surface area contributed by atoms with Crippen molar-refractivity contribution in [3.63, 3.8) is 0 Å². The minimum absolute atomic E-state index is 0.0691.